The topological polar surface area (TPSA) is 44.4 Å². The number of nitrogens with zero attached hydrogens (tertiary/aromatic N) is 1. The molecule has 1 saturated heterocycles. The van der Waals surface area contributed by atoms with Crippen LogP contribution in [0, 0.1) is 6.92 Å². The Bertz CT molecular complexity index is 378. The summed E-state index contributed by atoms with van der Waals surface area (Å²) < 4.78 is 0. The largest absolute Gasteiger partial charge is 0.325 e. The van der Waals surface area contributed by atoms with E-state index in [1.807, 2.05) is 31.2 Å². The molecule has 1 aromatic carbocycles. The number of piperazine rings is 1. The Morgan fingerprint density at radius 1 is 1.21 bits per heavy atom. The number of rotatable bonds is 3. The zero-order valence-corrected chi connectivity index (χ0v) is 12.6. The number of anilines is 1. The predicted molar refractivity (Wildman–Crippen MR) is 83.6 cm³/mol. The van der Waals surface area contributed by atoms with Gasteiger partial charge in [-0.25, -0.2) is 0 Å². The van der Waals surface area contributed by atoms with Crippen molar-refractivity contribution >= 4 is 36.4 Å². The van der Waals surface area contributed by atoms with E-state index in [1.54, 1.807) is 0 Å². The minimum Gasteiger partial charge on any atom is -0.325 e. The lowest BCUT2D eigenvalue weighted by atomic mass is 10.2. The third-order valence-electron chi connectivity index (χ3n) is 2.91. The van der Waals surface area contributed by atoms with E-state index in [2.05, 4.69) is 15.5 Å². The Kier molecular flexibility index (Phi) is 8.76. The van der Waals surface area contributed by atoms with Gasteiger partial charge >= 0.3 is 0 Å². The zero-order valence-electron chi connectivity index (χ0n) is 11.0. The van der Waals surface area contributed by atoms with Crippen LogP contribution in [0.1, 0.15) is 5.56 Å². The molecule has 1 amide bonds. The van der Waals surface area contributed by atoms with E-state index in [0.29, 0.717) is 6.54 Å². The fourth-order valence-electron chi connectivity index (χ4n) is 1.91. The fraction of sp³-hybridized carbons (Fsp3) is 0.462. The first-order chi connectivity index (χ1) is 8.24. The maximum absolute atomic E-state index is 11.8. The number of nitrogens with one attached hydrogen (secondary N) is 2. The first-order valence-corrected chi connectivity index (χ1v) is 6.03. The van der Waals surface area contributed by atoms with Crippen LogP contribution in [-0.2, 0) is 4.79 Å². The lowest BCUT2D eigenvalue weighted by molar-refractivity contribution is -0.117. The number of carbonyl (C=O) groups excluding carboxylic acids is 1. The molecule has 0 aliphatic carbocycles. The van der Waals surface area contributed by atoms with Gasteiger partial charge in [0.15, 0.2) is 0 Å². The first-order valence-electron chi connectivity index (χ1n) is 6.03. The highest BCUT2D eigenvalue weighted by Gasteiger charge is 2.13. The second-order valence-electron chi connectivity index (χ2n) is 4.44. The van der Waals surface area contributed by atoms with Crippen LogP contribution in [0.4, 0.5) is 5.69 Å². The smallest absolute Gasteiger partial charge is 0.238 e. The minimum absolute atomic E-state index is 0. The molecular formula is C13H21Cl2N3O. The molecule has 1 heterocycles. The van der Waals surface area contributed by atoms with E-state index in [-0.39, 0.29) is 30.7 Å². The second-order valence-corrected chi connectivity index (χ2v) is 4.44. The van der Waals surface area contributed by atoms with E-state index >= 15 is 0 Å². The van der Waals surface area contributed by atoms with Gasteiger partial charge < -0.3 is 10.6 Å². The summed E-state index contributed by atoms with van der Waals surface area (Å²) in [6.45, 7) is 6.35. The van der Waals surface area contributed by atoms with E-state index in [0.717, 1.165) is 31.9 Å². The molecule has 0 atom stereocenters. The maximum Gasteiger partial charge on any atom is 0.238 e. The van der Waals surface area contributed by atoms with Gasteiger partial charge in [-0.05, 0) is 19.1 Å². The molecule has 2 rings (SSSR count). The molecule has 1 aliphatic heterocycles. The van der Waals surface area contributed by atoms with E-state index < -0.39 is 0 Å². The highest BCUT2D eigenvalue weighted by molar-refractivity contribution is 5.92. The van der Waals surface area contributed by atoms with Crippen molar-refractivity contribution < 1.29 is 4.79 Å². The molecule has 1 aromatic rings. The third kappa shape index (κ3) is 6.25. The Morgan fingerprint density at radius 2 is 1.79 bits per heavy atom. The molecule has 1 fully saturated rings. The summed E-state index contributed by atoms with van der Waals surface area (Å²) in [5.41, 5.74) is 2.07. The normalized spacial score (nSPS) is 15.0. The van der Waals surface area contributed by atoms with Gasteiger partial charge in [-0.15, -0.1) is 24.8 Å². The Balaban J connectivity index is 0.00000162. The summed E-state index contributed by atoms with van der Waals surface area (Å²) in [4.78, 5) is 14.0. The molecule has 0 unspecified atom stereocenters. The number of aryl methyl sites for hydroxylation is 1. The van der Waals surface area contributed by atoms with Crippen molar-refractivity contribution in [2.45, 2.75) is 6.92 Å². The van der Waals surface area contributed by atoms with Gasteiger partial charge in [-0.1, -0.05) is 17.7 Å². The molecule has 0 spiro atoms. The van der Waals surface area contributed by atoms with Crippen molar-refractivity contribution in [1.82, 2.24) is 10.2 Å². The number of benzene rings is 1. The summed E-state index contributed by atoms with van der Waals surface area (Å²) in [5.74, 6) is 0.0655. The van der Waals surface area contributed by atoms with E-state index in [9.17, 15) is 4.79 Å². The van der Waals surface area contributed by atoms with Gasteiger partial charge in [0.25, 0.3) is 0 Å². The summed E-state index contributed by atoms with van der Waals surface area (Å²) >= 11 is 0. The van der Waals surface area contributed by atoms with Gasteiger partial charge in [0.2, 0.25) is 5.91 Å². The number of hydrogen-bond donors (Lipinski definition) is 2. The fourth-order valence-corrected chi connectivity index (χ4v) is 1.91. The molecular weight excluding hydrogens is 285 g/mol. The molecule has 1 aliphatic rings. The van der Waals surface area contributed by atoms with Gasteiger partial charge in [-0.2, -0.15) is 0 Å². The highest BCUT2D eigenvalue weighted by Crippen LogP contribution is 2.08. The van der Waals surface area contributed by atoms with Crippen LogP contribution in [0.3, 0.4) is 0 Å². The second kappa shape index (κ2) is 9.15. The Hall–Kier alpha value is -0.810. The molecule has 0 aromatic heterocycles. The summed E-state index contributed by atoms with van der Waals surface area (Å²) in [6, 6.07) is 7.87. The lowest BCUT2D eigenvalue weighted by Gasteiger charge is -2.26. The van der Waals surface area contributed by atoms with Crippen molar-refractivity contribution in [2.75, 3.05) is 38.0 Å². The quantitative estimate of drug-likeness (QED) is 0.893. The monoisotopic (exact) mass is 305 g/mol. The highest BCUT2D eigenvalue weighted by atomic mass is 35.5. The van der Waals surface area contributed by atoms with Gasteiger partial charge in [0.05, 0.1) is 6.54 Å². The van der Waals surface area contributed by atoms with E-state index in [4.69, 9.17) is 0 Å². The minimum atomic E-state index is 0. The van der Waals surface area contributed by atoms with Crippen LogP contribution < -0.4 is 10.6 Å². The maximum atomic E-state index is 11.8. The van der Waals surface area contributed by atoms with Gasteiger partial charge in [0.1, 0.15) is 0 Å². The molecule has 19 heavy (non-hydrogen) atoms. The SMILES string of the molecule is Cc1ccc(NC(=O)CN2CCNCC2)cc1.Cl.Cl. The van der Waals surface area contributed by atoms with Crippen molar-refractivity contribution in [3.63, 3.8) is 0 Å². The van der Waals surface area contributed by atoms with Crippen molar-refractivity contribution in [1.29, 1.82) is 0 Å². The van der Waals surface area contributed by atoms with Gasteiger partial charge in [0, 0.05) is 31.9 Å². The van der Waals surface area contributed by atoms with Crippen LogP contribution in [0.15, 0.2) is 24.3 Å². The zero-order chi connectivity index (χ0) is 12.1. The molecule has 0 bridgehead atoms. The number of halogens is 2. The standard InChI is InChI=1S/C13H19N3O.2ClH/c1-11-2-4-12(5-3-11)15-13(17)10-16-8-6-14-7-9-16;;/h2-5,14H,6-10H2,1H3,(H,15,17);2*1H. The molecule has 2 N–H and O–H groups in total. The number of carbonyl (C=O) groups is 1. The molecule has 0 saturated carbocycles. The third-order valence-corrected chi connectivity index (χ3v) is 2.91. The summed E-state index contributed by atoms with van der Waals surface area (Å²) in [5, 5.41) is 6.19. The van der Waals surface area contributed by atoms with Crippen molar-refractivity contribution in [2.24, 2.45) is 0 Å². The van der Waals surface area contributed by atoms with Crippen LogP contribution in [0.2, 0.25) is 0 Å². The van der Waals surface area contributed by atoms with Crippen LogP contribution >= 0.6 is 24.8 Å². The van der Waals surface area contributed by atoms with E-state index in [1.165, 1.54) is 5.56 Å². The molecule has 6 heteroatoms. The average molecular weight is 306 g/mol. The summed E-state index contributed by atoms with van der Waals surface area (Å²) in [6.07, 6.45) is 0. The number of hydrogen-bond acceptors (Lipinski definition) is 3. The Labute approximate surface area is 126 Å². The first kappa shape index (κ1) is 18.2. The number of amides is 1. The van der Waals surface area contributed by atoms with Crippen LogP contribution in [0.25, 0.3) is 0 Å². The molecule has 4 nitrogen and oxygen atoms in total. The predicted octanol–water partition coefficient (Wildman–Crippen LogP) is 1.68. The molecule has 0 radical (unpaired) electrons. The Morgan fingerprint density at radius 3 is 2.37 bits per heavy atom. The summed E-state index contributed by atoms with van der Waals surface area (Å²) in [7, 11) is 0. The molecule has 108 valence electrons. The average Bonchev–Trinajstić information content (AvgIpc) is 2.33. The van der Waals surface area contributed by atoms with Crippen molar-refractivity contribution in [3.8, 4) is 0 Å². The van der Waals surface area contributed by atoms with Crippen LogP contribution in [-0.4, -0.2) is 43.5 Å². The van der Waals surface area contributed by atoms with Gasteiger partial charge in [-0.3, -0.25) is 9.69 Å². The van der Waals surface area contributed by atoms with Crippen molar-refractivity contribution in [3.05, 3.63) is 29.8 Å². The lowest BCUT2D eigenvalue weighted by Crippen LogP contribution is -2.46. The van der Waals surface area contributed by atoms with Crippen LogP contribution in [0.5, 0.6) is 0 Å².